The van der Waals surface area contributed by atoms with Crippen molar-refractivity contribution in [2.45, 2.75) is 45.0 Å². The maximum Gasteiger partial charge on any atom is 0.383 e. The smallest absolute Gasteiger partial charge is 0.350 e. The van der Waals surface area contributed by atoms with Crippen LogP contribution in [0.3, 0.4) is 0 Å². The molecule has 0 aromatic heterocycles. The quantitative estimate of drug-likeness (QED) is 0.711. The molecule has 1 amide bonds. The molecular formula is C10H15F4NO. The lowest BCUT2D eigenvalue weighted by atomic mass is 10.0. The van der Waals surface area contributed by atoms with Gasteiger partial charge in [-0.25, -0.2) is 8.78 Å². The van der Waals surface area contributed by atoms with E-state index in [0.29, 0.717) is 0 Å². The van der Waals surface area contributed by atoms with Crippen LogP contribution in [-0.2, 0) is 4.79 Å². The number of amides is 1. The van der Waals surface area contributed by atoms with E-state index in [-0.39, 0.29) is 12.0 Å². The first kappa shape index (κ1) is 13.3. The van der Waals surface area contributed by atoms with Gasteiger partial charge in [0.25, 0.3) is 5.91 Å². The van der Waals surface area contributed by atoms with E-state index in [2.05, 4.69) is 0 Å². The van der Waals surface area contributed by atoms with E-state index in [1.807, 2.05) is 12.2 Å². The third-order valence-corrected chi connectivity index (χ3v) is 2.94. The van der Waals surface area contributed by atoms with Crippen LogP contribution in [0.4, 0.5) is 17.6 Å². The number of alkyl halides is 4. The normalized spacial score (nSPS) is 18.6. The van der Waals surface area contributed by atoms with Gasteiger partial charge in [-0.1, -0.05) is 13.3 Å². The molecule has 0 heterocycles. The van der Waals surface area contributed by atoms with E-state index in [9.17, 15) is 22.4 Å². The summed E-state index contributed by atoms with van der Waals surface area (Å²) >= 11 is 0. The number of rotatable bonds is 6. The molecule has 0 unspecified atom stereocenters. The number of carbonyl (C=O) groups is 1. The van der Waals surface area contributed by atoms with Crippen LogP contribution in [-0.4, -0.2) is 24.8 Å². The van der Waals surface area contributed by atoms with Gasteiger partial charge in [0.1, 0.15) is 0 Å². The van der Waals surface area contributed by atoms with Crippen molar-refractivity contribution in [3.8, 4) is 0 Å². The van der Waals surface area contributed by atoms with Crippen molar-refractivity contribution in [3.63, 3.8) is 0 Å². The molecule has 0 spiro atoms. The second-order valence-electron chi connectivity index (χ2n) is 4.36. The molecule has 2 nitrogen and oxygen atoms in total. The summed E-state index contributed by atoms with van der Waals surface area (Å²) in [7, 11) is 0. The summed E-state index contributed by atoms with van der Waals surface area (Å²) in [6.07, 6.45) is -0.508. The molecule has 0 radical (unpaired) electrons. The highest BCUT2D eigenvalue weighted by Crippen LogP contribution is 2.49. The second kappa shape index (κ2) is 4.59. The highest BCUT2D eigenvalue weighted by atomic mass is 19.3. The zero-order chi connectivity index (χ0) is 12.4. The number of carbonyl (C=O) groups excluding carboxylic acids is 1. The Balaban J connectivity index is 2.41. The van der Waals surface area contributed by atoms with Crippen LogP contribution in [0.25, 0.3) is 0 Å². The van der Waals surface area contributed by atoms with Gasteiger partial charge in [-0.2, -0.15) is 8.78 Å². The molecule has 0 bridgehead atoms. The molecular weight excluding hydrogens is 226 g/mol. The van der Waals surface area contributed by atoms with Gasteiger partial charge < -0.3 is 5.32 Å². The predicted octanol–water partition coefficient (Wildman–Crippen LogP) is 2.58. The third-order valence-electron chi connectivity index (χ3n) is 2.94. The first-order valence-corrected chi connectivity index (χ1v) is 5.28. The maximum absolute atomic E-state index is 12.6. The summed E-state index contributed by atoms with van der Waals surface area (Å²) in [6.45, 7) is 2.03. The Bertz CT molecular complexity index is 264. The van der Waals surface area contributed by atoms with Crippen molar-refractivity contribution >= 4 is 5.91 Å². The average molecular weight is 241 g/mol. The predicted molar refractivity (Wildman–Crippen MR) is 50.5 cm³/mol. The molecule has 0 aliphatic heterocycles. The average Bonchev–Trinajstić information content (AvgIpc) is 2.95. The molecule has 1 aliphatic rings. The molecule has 1 N–H and O–H groups in total. The lowest BCUT2D eigenvalue weighted by Gasteiger charge is -2.18. The molecule has 16 heavy (non-hydrogen) atoms. The van der Waals surface area contributed by atoms with Gasteiger partial charge in [-0.15, -0.1) is 0 Å². The minimum atomic E-state index is -4.58. The van der Waals surface area contributed by atoms with Gasteiger partial charge in [0.05, 0.1) is 0 Å². The lowest BCUT2D eigenvalue weighted by molar-refractivity contribution is -0.169. The van der Waals surface area contributed by atoms with Crippen molar-refractivity contribution in [1.82, 2.24) is 5.32 Å². The minimum absolute atomic E-state index is 0.0714. The highest BCUT2D eigenvalue weighted by molar-refractivity contribution is 5.83. The fourth-order valence-electron chi connectivity index (χ4n) is 1.71. The van der Waals surface area contributed by atoms with Crippen molar-refractivity contribution < 1.29 is 22.4 Å². The van der Waals surface area contributed by atoms with Crippen LogP contribution in [0.1, 0.15) is 32.6 Å². The largest absolute Gasteiger partial charge is 0.383 e. The van der Waals surface area contributed by atoms with E-state index < -0.39 is 18.3 Å². The minimum Gasteiger partial charge on any atom is -0.350 e. The van der Waals surface area contributed by atoms with E-state index in [4.69, 9.17) is 0 Å². The van der Waals surface area contributed by atoms with Gasteiger partial charge in [-0.3, -0.25) is 4.79 Å². The van der Waals surface area contributed by atoms with E-state index in [1.54, 1.807) is 0 Å². The molecule has 1 fully saturated rings. The molecule has 0 saturated heterocycles. The molecule has 0 aromatic rings. The SMILES string of the molecule is CCCC1(CNC(=O)C(F)(F)C(F)F)CC1. The molecule has 1 saturated carbocycles. The molecule has 0 atom stereocenters. The van der Waals surface area contributed by atoms with Gasteiger partial charge in [0.15, 0.2) is 0 Å². The Morgan fingerprint density at radius 1 is 1.44 bits per heavy atom. The summed E-state index contributed by atoms with van der Waals surface area (Å²) in [4.78, 5) is 10.8. The summed E-state index contributed by atoms with van der Waals surface area (Å²) in [5, 5.41) is 1.92. The first-order chi connectivity index (χ1) is 7.34. The fourth-order valence-corrected chi connectivity index (χ4v) is 1.71. The number of halogens is 4. The van der Waals surface area contributed by atoms with Gasteiger partial charge in [-0.05, 0) is 24.7 Å². The Morgan fingerprint density at radius 2 is 2.00 bits per heavy atom. The number of hydrogen-bond acceptors (Lipinski definition) is 1. The summed E-state index contributed by atoms with van der Waals surface area (Å²) < 4.78 is 48.8. The van der Waals surface area contributed by atoms with Crippen LogP contribution >= 0.6 is 0 Å². The molecule has 1 rings (SSSR count). The van der Waals surface area contributed by atoms with Crippen LogP contribution in [0, 0.1) is 5.41 Å². The summed E-state index contributed by atoms with van der Waals surface area (Å²) in [6, 6.07) is 0. The highest BCUT2D eigenvalue weighted by Gasteiger charge is 2.50. The Labute approximate surface area is 91.4 Å². The van der Waals surface area contributed by atoms with Crippen molar-refractivity contribution in [2.24, 2.45) is 5.41 Å². The van der Waals surface area contributed by atoms with Crippen molar-refractivity contribution in [2.75, 3.05) is 6.54 Å². The van der Waals surface area contributed by atoms with Gasteiger partial charge in [0, 0.05) is 6.54 Å². The Kier molecular flexibility index (Phi) is 3.80. The third kappa shape index (κ3) is 2.86. The lowest BCUT2D eigenvalue weighted by Crippen LogP contribution is -2.46. The Hall–Kier alpha value is -0.810. The fraction of sp³-hybridized carbons (Fsp3) is 0.900. The topological polar surface area (TPSA) is 29.1 Å². The van der Waals surface area contributed by atoms with E-state index in [1.165, 1.54) is 0 Å². The van der Waals surface area contributed by atoms with Crippen LogP contribution in [0.2, 0.25) is 0 Å². The zero-order valence-corrected chi connectivity index (χ0v) is 9.03. The first-order valence-electron chi connectivity index (χ1n) is 5.28. The van der Waals surface area contributed by atoms with Crippen molar-refractivity contribution in [1.29, 1.82) is 0 Å². The van der Waals surface area contributed by atoms with Gasteiger partial charge >= 0.3 is 12.3 Å². The van der Waals surface area contributed by atoms with Crippen LogP contribution < -0.4 is 5.32 Å². The molecule has 1 aliphatic carbocycles. The number of hydrogen-bond donors (Lipinski definition) is 1. The van der Waals surface area contributed by atoms with Crippen LogP contribution in [0.5, 0.6) is 0 Å². The van der Waals surface area contributed by atoms with Crippen LogP contribution in [0.15, 0.2) is 0 Å². The van der Waals surface area contributed by atoms with E-state index in [0.717, 1.165) is 25.7 Å². The van der Waals surface area contributed by atoms with Gasteiger partial charge in [0.2, 0.25) is 0 Å². The molecule has 0 aromatic carbocycles. The van der Waals surface area contributed by atoms with E-state index >= 15 is 0 Å². The Morgan fingerprint density at radius 3 is 2.38 bits per heavy atom. The summed E-state index contributed by atoms with van der Waals surface area (Å²) in [5.74, 6) is -6.45. The monoisotopic (exact) mass is 241 g/mol. The summed E-state index contributed by atoms with van der Waals surface area (Å²) in [5.41, 5.74) is -0.122. The second-order valence-corrected chi connectivity index (χ2v) is 4.36. The molecule has 94 valence electrons. The maximum atomic E-state index is 12.6. The molecule has 6 heteroatoms. The standard InChI is InChI=1S/C10H15F4NO/c1-2-3-9(4-5-9)6-15-8(16)10(13,14)7(11)12/h7H,2-6H2,1H3,(H,15,16). The zero-order valence-electron chi connectivity index (χ0n) is 9.03. The van der Waals surface area contributed by atoms with Crippen molar-refractivity contribution in [3.05, 3.63) is 0 Å². The number of nitrogens with one attached hydrogen (secondary N) is 1.